The Labute approximate surface area is 55.4 Å². The molecule has 2 aliphatic rings. The van der Waals surface area contributed by atoms with Gasteiger partial charge in [0.2, 0.25) is 0 Å². The largest absolute Gasteiger partial charge is 0.352 e. The summed E-state index contributed by atoms with van der Waals surface area (Å²) in [6.07, 6.45) is 4.21. The van der Waals surface area contributed by atoms with E-state index >= 15 is 0 Å². The van der Waals surface area contributed by atoms with Gasteiger partial charge >= 0.3 is 0 Å². The van der Waals surface area contributed by atoms with Crippen LogP contribution in [0.3, 0.4) is 0 Å². The lowest BCUT2D eigenvalue weighted by Crippen LogP contribution is -2.04. The van der Waals surface area contributed by atoms with Gasteiger partial charge in [-0.2, -0.15) is 0 Å². The van der Waals surface area contributed by atoms with Crippen molar-refractivity contribution in [2.75, 3.05) is 0 Å². The van der Waals surface area contributed by atoms with Crippen molar-refractivity contribution in [1.29, 1.82) is 0 Å². The average molecular weight is 122 g/mol. The van der Waals surface area contributed by atoms with Crippen LogP contribution in [0.15, 0.2) is 0 Å². The summed E-state index contributed by atoms with van der Waals surface area (Å²) in [4.78, 5) is 0. The molecule has 1 aliphatic carbocycles. The second-order valence-corrected chi connectivity index (χ2v) is 2.76. The summed E-state index contributed by atoms with van der Waals surface area (Å²) in [5, 5.41) is 0. The summed E-state index contributed by atoms with van der Waals surface area (Å²) in [6.45, 7) is 1.88. The first-order valence-electron chi connectivity index (χ1n) is 3.49. The lowest BCUT2D eigenvalue weighted by atomic mass is 10.1. The number of hydrogen-bond acceptors (Lipinski definition) is 1. The van der Waals surface area contributed by atoms with Gasteiger partial charge in [-0.1, -0.05) is 5.92 Å². The predicted molar refractivity (Wildman–Crippen MR) is 34.9 cm³/mol. The van der Waals surface area contributed by atoms with Gasteiger partial charge in [0.1, 0.15) is 0 Å². The fraction of sp³-hybridized carbons (Fsp3) is 0.750. The van der Waals surface area contributed by atoms with Gasteiger partial charge in [-0.05, 0) is 26.2 Å². The fourth-order valence-electron chi connectivity index (χ4n) is 1.67. The standard InChI is InChI=1S/C8H10O/c1-2-5-8-6-3-4-7(8)9-8/h7H,3-4,6H2,1H3. The summed E-state index contributed by atoms with van der Waals surface area (Å²) in [5.74, 6) is 6.04. The van der Waals surface area contributed by atoms with Crippen molar-refractivity contribution in [3.8, 4) is 11.8 Å². The lowest BCUT2D eigenvalue weighted by Gasteiger charge is -1.94. The van der Waals surface area contributed by atoms with E-state index in [1.165, 1.54) is 19.3 Å². The molecule has 0 spiro atoms. The SMILES string of the molecule is CC#CC12CCCC1O2. The molecule has 1 saturated carbocycles. The molecule has 48 valence electrons. The van der Waals surface area contributed by atoms with E-state index in [2.05, 4.69) is 11.8 Å². The van der Waals surface area contributed by atoms with E-state index in [9.17, 15) is 0 Å². The fourth-order valence-corrected chi connectivity index (χ4v) is 1.67. The summed E-state index contributed by atoms with van der Waals surface area (Å²) in [7, 11) is 0. The summed E-state index contributed by atoms with van der Waals surface area (Å²) in [6, 6.07) is 0. The second kappa shape index (κ2) is 1.52. The lowest BCUT2D eigenvalue weighted by molar-refractivity contribution is 0.289. The maximum absolute atomic E-state index is 5.41. The molecule has 0 bridgehead atoms. The second-order valence-electron chi connectivity index (χ2n) is 2.76. The molecular weight excluding hydrogens is 112 g/mol. The van der Waals surface area contributed by atoms with Crippen LogP contribution in [-0.2, 0) is 4.74 Å². The number of rotatable bonds is 0. The summed E-state index contributed by atoms with van der Waals surface area (Å²) in [5.41, 5.74) is 0.0503. The topological polar surface area (TPSA) is 12.5 Å². The molecule has 1 saturated heterocycles. The minimum absolute atomic E-state index is 0.0503. The van der Waals surface area contributed by atoms with Crippen molar-refractivity contribution >= 4 is 0 Å². The first kappa shape index (κ1) is 5.32. The normalized spacial score (nSPS) is 45.2. The molecule has 0 aromatic carbocycles. The Balaban J connectivity index is 2.16. The summed E-state index contributed by atoms with van der Waals surface area (Å²) < 4.78 is 5.41. The van der Waals surface area contributed by atoms with Crippen LogP contribution in [0.4, 0.5) is 0 Å². The molecule has 2 fully saturated rings. The van der Waals surface area contributed by atoms with Crippen molar-refractivity contribution in [3.63, 3.8) is 0 Å². The van der Waals surface area contributed by atoms with Gasteiger partial charge in [-0.15, -0.1) is 5.92 Å². The number of epoxide rings is 1. The maximum atomic E-state index is 5.41. The zero-order valence-electron chi connectivity index (χ0n) is 5.61. The Morgan fingerprint density at radius 3 is 3.00 bits per heavy atom. The zero-order valence-corrected chi connectivity index (χ0v) is 5.61. The number of fused-ring (bicyclic) bond motifs is 1. The van der Waals surface area contributed by atoms with Crippen molar-refractivity contribution in [1.82, 2.24) is 0 Å². The van der Waals surface area contributed by atoms with Crippen LogP contribution in [0.25, 0.3) is 0 Å². The van der Waals surface area contributed by atoms with Gasteiger partial charge in [0, 0.05) is 0 Å². The zero-order chi connectivity index (χ0) is 6.32. The predicted octanol–water partition coefficient (Wildman–Crippen LogP) is 1.33. The van der Waals surface area contributed by atoms with Gasteiger partial charge in [-0.25, -0.2) is 0 Å². The molecule has 9 heavy (non-hydrogen) atoms. The number of ether oxygens (including phenoxy) is 1. The highest BCUT2D eigenvalue weighted by Crippen LogP contribution is 2.49. The third-order valence-electron chi connectivity index (χ3n) is 2.17. The Kier molecular flexibility index (Phi) is 0.896. The molecule has 2 unspecified atom stereocenters. The third kappa shape index (κ3) is 0.601. The van der Waals surface area contributed by atoms with Gasteiger partial charge in [-0.3, -0.25) is 0 Å². The maximum Gasteiger partial charge on any atom is 0.155 e. The molecule has 2 atom stereocenters. The highest BCUT2D eigenvalue weighted by Gasteiger charge is 2.58. The molecule has 2 rings (SSSR count). The van der Waals surface area contributed by atoms with E-state index in [1.807, 2.05) is 6.92 Å². The molecule has 1 aliphatic heterocycles. The highest BCUT2D eigenvalue weighted by atomic mass is 16.6. The molecule has 0 N–H and O–H groups in total. The van der Waals surface area contributed by atoms with E-state index in [4.69, 9.17) is 4.74 Å². The molecule has 1 nitrogen and oxygen atoms in total. The van der Waals surface area contributed by atoms with Crippen molar-refractivity contribution in [3.05, 3.63) is 0 Å². The van der Waals surface area contributed by atoms with E-state index in [-0.39, 0.29) is 5.60 Å². The molecule has 0 radical (unpaired) electrons. The monoisotopic (exact) mass is 122 g/mol. The van der Waals surface area contributed by atoms with Gasteiger partial charge in [0.05, 0.1) is 6.10 Å². The summed E-state index contributed by atoms with van der Waals surface area (Å²) >= 11 is 0. The molecular formula is C8H10O. The molecule has 0 aromatic rings. The minimum atomic E-state index is 0.0503. The van der Waals surface area contributed by atoms with Crippen LogP contribution in [0.5, 0.6) is 0 Å². The van der Waals surface area contributed by atoms with Crippen LogP contribution in [-0.4, -0.2) is 11.7 Å². The molecule has 0 aromatic heterocycles. The van der Waals surface area contributed by atoms with Crippen molar-refractivity contribution in [2.45, 2.75) is 37.9 Å². The van der Waals surface area contributed by atoms with Crippen LogP contribution < -0.4 is 0 Å². The Hall–Kier alpha value is -0.480. The molecule has 0 amide bonds. The Morgan fingerprint density at radius 2 is 2.56 bits per heavy atom. The van der Waals surface area contributed by atoms with Crippen LogP contribution in [0, 0.1) is 11.8 Å². The first-order valence-corrected chi connectivity index (χ1v) is 3.49. The Morgan fingerprint density at radius 1 is 1.67 bits per heavy atom. The van der Waals surface area contributed by atoms with Crippen molar-refractivity contribution < 1.29 is 4.74 Å². The van der Waals surface area contributed by atoms with E-state index in [0.29, 0.717) is 6.10 Å². The van der Waals surface area contributed by atoms with Crippen LogP contribution in [0.2, 0.25) is 0 Å². The van der Waals surface area contributed by atoms with Gasteiger partial charge in [0.15, 0.2) is 5.60 Å². The van der Waals surface area contributed by atoms with E-state index in [1.54, 1.807) is 0 Å². The van der Waals surface area contributed by atoms with E-state index < -0.39 is 0 Å². The minimum Gasteiger partial charge on any atom is -0.352 e. The molecule has 1 heteroatoms. The quantitative estimate of drug-likeness (QED) is 0.349. The van der Waals surface area contributed by atoms with Gasteiger partial charge in [0.25, 0.3) is 0 Å². The van der Waals surface area contributed by atoms with E-state index in [0.717, 1.165) is 0 Å². The average Bonchev–Trinajstić information content (AvgIpc) is 2.37. The smallest absolute Gasteiger partial charge is 0.155 e. The molecule has 1 heterocycles. The number of hydrogen-bond donors (Lipinski definition) is 0. The third-order valence-corrected chi connectivity index (χ3v) is 2.17. The van der Waals surface area contributed by atoms with Crippen LogP contribution >= 0.6 is 0 Å². The van der Waals surface area contributed by atoms with Crippen LogP contribution in [0.1, 0.15) is 26.2 Å². The van der Waals surface area contributed by atoms with Gasteiger partial charge < -0.3 is 4.74 Å². The Bertz CT molecular complexity index is 186. The van der Waals surface area contributed by atoms with Crippen molar-refractivity contribution in [2.24, 2.45) is 0 Å². The first-order chi connectivity index (χ1) is 4.37. The highest BCUT2D eigenvalue weighted by molar-refractivity contribution is 5.27.